The number of fused-ring (bicyclic) bond motifs is 2. The molecule has 2 heterocycles. The van der Waals surface area contributed by atoms with Crippen LogP contribution in [0.5, 0.6) is 0 Å². The van der Waals surface area contributed by atoms with Crippen molar-refractivity contribution < 1.29 is 9.53 Å². The van der Waals surface area contributed by atoms with Gasteiger partial charge >= 0.3 is 5.97 Å². The van der Waals surface area contributed by atoms with Crippen molar-refractivity contribution in [2.75, 3.05) is 0 Å². The molecule has 2 aromatic heterocycles. The van der Waals surface area contributed by atoms with Gasteiger partial charge in [0, 0.05) is 10.1 Å². The molecule has 0 saturated heterocycles. The third-order valence-corrected chi connectivity index (χ3v) is 5.38. The fourth-order valence-electron chi connectivity index (χ4n) is 2.55. The van der Waals surface area contributed by atoms with E-state index in [0.29, 0.717) is 20.8 Å². The largest absolute Gasteiger partial charge is 0.453 e. The van der Waals surface area contributed by atoms with Crippen LogP contribution in [0.15, 0.2) is 53.3 Å². The van der Waals surface area contributed by atoms with E-state index in [4.69, 9.17) is 16.3 Å². The predicted octanol–water partition coefficient (Wildman–Crippen LogP) is 4.15. The molecule has 0 spiro atoms. The van der Waals surface area contributed by atoms with Crippen molar-refractivity contribution >= 4 is 49.9 Å². The second-order valence-corrected chi connectivity index (χ2v) is 6.78. The molecular formula is C18H11ClN2O3S. The molecule has 0 radical (unpaired) electrons. The monoisotopic (exact) mass is 370 g/mol. The van der Waals surface area contributed by atoms with E-state index in [2.05, 4.69) is 9.97 Å². The number of aromatic nitrogens is 2. The number of para-hydroxylation sites is 1. The van der Waals surface area contributed by atoms with Crippen LogP contribution in [0.3, 0.4) is 0 Å². The van der Waals surface area contributed by atoms with Crippen molar-refractivity contribution in [2.45, 2.75) is 6.61 Å². The Hall–Kier alpha value is -2.70. The van der Waals surface area contributed by atoms with Crippen LogP contribution in [0.4, 0.5) is 0 Å². The van der Waals surface area contributed by atoms with Crippen LogP contribution in [0, 0.1) is 0 Å². The summed E-state index contributed by atoms with van der Waals surface area (Å²) in [6.45, 7) is -0.135. The van der Waals surface area contributed by atoms with E-state index in [0.717, 1.165) is 10.1 Å². The van der Waals surface area contributed by atoms with Gasteiger partial charge in [-0.2, -0.15) is 0 Å². The third kappa shape index (κ3) is 2.90. The molecule has 0 saturated carbocycles. The van der Waals surface area contributed by atoms with Crippen LogP contribution in [0.1, 0.15) is 15.5 Å². The Morgan fingerprint density at radius 1 is 1.12 bits per heavy atom. The first-order chi connectivity index (χ1) is 12.1. The van der Waals surface area contributed by atoms with Crippen LogP contribution in [-0.2, 0) is 11.3 Å². The van der Waals surface area contributed by atoms with Crippen molar-refractivity contribution in [1.29, 1.82) is 0 Å². The van der Waals surface area contributed by atoms with Gasteiger partial charge in [-0.15, -0.1) is 11.3 Å². The van der Waals surface area contributed by atoms with Crippen LogP contribution in [0.2, 0.25) is 5.02 Å². The Kier molecular flexibility index (Phi) is 3.99. The average Bonchev–Trinajstić information content (AvgIpc) is 2.97. The van der Waals surface area contributed by atoms with Gasteiger partial charge in [-0.1, -0.05) is 41.9 Å². The molecule has 124 valence electrons. The molecule has 4 aromatic rings. The molecule has 0 aliphatic rings. The summed E-state index contributed by atoms with van der Waals surface area (Å²) in [6, 6.07) is 14.5. The zero-order chi connectivity index (χ0) is 17.4. The third-order valence-electron chi connectivity index (χ3n) is 3.72. The number of carbonyl (C=O) groups excluding carboxylic acids is 1. The lowest BCUT2D eigenvalue weighted by Gasteiger charge is -2.04. The highest BCUT2D eigenvalue weighted by Crippen LogP contribution is 2.35. The first-order valence-electron chi connectivity index (χ1n) is 7.45. The van der Waals surface area contributed by atoms with Gasteiger partial charge in [0.05, 0.1) is 15.9 Å². The Balaban J connectivity index is 1.59. The lowest BCUT2D eigenvalue weighted by atomic mass is 10.2. The molecule has 0 unspecified atom stereocenters. The molecule has 25 heavy (non-hydrogen) atoms. The molecular weight excluding hydrogens is 360 g/mol. The number of carbonyl (C=O) groups is 1. The van der Waals surface area contributed by atoms with Crippen molar-refractivity contribution in [3.63, 3.8) is 0 Å². The predicted molar refractivity (Wildman–Crippen MR) is 98.3 cm³/mol. The fraction of sp³-hybridized carbons (Fsp3) is 0.0556. The summed E-state index contributed by atoms with van der Waals surface area (Å²) < 4.78 is 6.20. The summed E-state index contributed by atoms with van der Waals surface area (Å²) in [5, 5.41) is 1.69. The molecule has 0 amide bonds. The summed E-state index contributed by atoms with van der Waals surface area (Å²) >= 11 is 7.55. The van der Waals surface area contributed by atoms with Crippen LogP contribution in [0.25, 0.3) is 21.0 Å². The molecule has 0 aliphatic heterocycles. The van der Waals surface area contributed by atoms with Crippen molar-refractivity contribution in [1.82, 2.24) is 9.97 Å². The van der Waals surface area contributed by atoms with E-state index < -0.39 is 5.97 Å². The summed E-state index contributed by atoms with van der Waals surface area (Å²) in [4.78, 5) is 31.6. The molecule has 2 aromatic carbocycles. The summed E-state index contributed by atoms with van der Waals surface area (Å²) in [5.74, 6) is -0.253. The molecule has 5 nitrogen and oxygen atoms in total. The Bertz CT molecular complexity index is 1170. The number of aromatic amines is 1. The SMILES string of the molecule is O=C(OCc1nc2ccccc2c(=O)[nH]1)c1sc2ccccc2c1Cl. The number of nitrogens with zero attached hydrogens (tertiary/aromatic N) is 1. The summed E-state index contributed by atoms with van der Waals surface area (Å²) in [5.41, 5.74) is 0.286. The van der Waals surface area contributed by atoms with Crippen molar-refractivity contribution in [3.8, 4) is 0 Å². The van der Waals surface area contributed by atoms with Crippen LogP contribution >= 0.6 is 22.9 Å². The van der Waals surface area contributed by atoms with Gasteiger partial charge in [-0.25, -0.2) is 9.78 Å². The zero-order valence-electron chi connectivity index (χ0n) is 12.8. The van der Waals surface area contributed by atoms with Crippen LogP contribution < -0.4 is 5.56 Å². The minimum absolute atomic E-state index is 0.135. The molecule has 0 fully saturated rings. The number of ether oxygens (including phenoxy) is 1. The molecule has 7 heteroatoms. The van der Waals surface area contributed by atoms with E-state index >= 15 is 0 Å². The number of H-pyrrole nitrogens is 1. The van der Waals surface area contributed by atoms with Gasteiger partial charge in [-0.3, -0.25) is 4.79 Å². The smallest absolute Gasteiger partial charge is 0.350 e. The summed E-state index contributed by atoms with van der Waals surface area (Å²) in [6.07, 6.45) is 0. The van der Waals surface area contributed by atoms with E-state index in [1.54, 1.807) is 24.3 Å². The highest BCUT2D eigenvalue weighted by atomic mass is 35.5. The lowest BCUT2D eigenvalue weighted by Crippen LogP contribution is -2.14. The molecule has 0 aliphatic carbocycles. The van der Waals surface area contributed by atoms with Gasteiger partial charge in [0.1, 0.15) is 17.3 Å². The maximum atomic E-state index is 12.3. The van der Waals surface area contributed by atoms with Gasteiger partial charge in [0.2, 0.25) is 0 Å². The van der Waals surface area contributed by atoms with Crippen LogP contribution in [-0.4, -0.2) is 15.9 Å². The number of benzene rings is 2. The first-order valence-corrected chi connectivity index (χ1v) is 8.65. The maximum Gasteiger partial charge on any atom is 0.350 e. The summed E-state index contributed by atoms with van der Waals surface area (Å²) in [7, 11) is 0. The van der Waals surface area contributed by atoms with E-state index in [-0.39, 0.29) is 18.0 Å². The highest BCUT2D eigenvalue weighted by Gasteiger charge is 2.18. The van der Waals surface area contributed by atoms with Gasteiger partial charge < -0.3 is 9.72 Å². The minimum atomic E-state index is -0.540. The van der Waals surface area contributed by atoms with Gasteiger partial charge in [-0.05, 0) is 18.2 Å². The van der Waals surface area contributed by atoms with Crippen molar-refractivity contribution in [2.24, 2.45) is 0 Å². The van der Waals surface area contributed by atoms with E-state index in [1.807, 2.05) is 24.3 Å². The quantitative estimate of drug-likeness (QED) is 0.550. The second kappa shape index (κ2) is 6.31. The lowest BCUT2D eigenvalue weighted by molar-refractivity contribution is 0.0468. The standard InChI is InChI=1S/C18H11ClN2O3S/c19-15-11-6-2-4-8-13(11)25-16(15)18(23)24-9-14-20-12-7-3-1-5-10(12)17(22)21-14/h1-8H,9H2,(H,20,21,22). The van der Waals surface area contributed by atoms with E-state index in [1.165, 1.54) is 11.3 Å². The molecule has 0 bridgehead atoms. The van der Waals surface area contributed by atoms with Gasteiger partial charge in [0.25, 0.3) is 5.56 Å². The minimum Gasteiger partial charge on any atom is -0.453 e. The Morgan fingerprint density at radius 2 is 1.84 bits per heavy atom. The zero-order valence-corrected chi connectivity index (χ0v) is 14.4. The first kappa shape index (κ1) is 15.8. The number of halogens is 1. The molecule has 4 rings (SSSR count). The van der Waals surface area contributed by atoms with Gasteiger partial charge in [0.15, 0.2) is 0 Å². The number of nitrogens with one attached hydrogen (secondary N) is 1. The van der Waals surface area contributed by atoms with E-state index in [9.17, 15) is 9.59 Å². The molecule has 1 N–H and O–H groups in total. The number of thiophene rings is 1. The second-order valence-electron chi connectivity index (χ2n) is 5.35. The topological polar surface area (TPSA) is 72.0 Å². The number of hydrogen-bond acceptors (Lipinski definition) is 5. The number of hydrogen-bond donors (Lipinski definition) is 1. The maximum absolute atomic E-state index is 12.3. The fourth-order valence-corrected chi connectivity index (χ4v) is 3.95. The highest BCUT2D eigenvalue weighted by molar-refractivity contribution is 7.21. The number of esters is 1. The Morgan fingerprint density at radius 3 is 2.64 bits per heavy atom. The Labute approximate surface area is 150 Å². The number of rotatable bonds is 3. The molecule has 0 atom stereocenters. The normalized spacial score (nSPS) is 11.1. The van der Waals surface area contributed by atoms with Crippen molar-refractivity contribution in [3.05, 3.63) is 74.6 Å². The average molecular weight is 371 g/mol.